The molecule has 4 nitrogen and oxygen atoms in total. The molecule has 0 spiro atoms. The van der Waals surface area contributed by atoms with Gasteiger partial charge in [-0.15, -0.1) is 0 Å². The van der Waals surface area contributed by atoms with E-state index in [1.165, 1.54) is 19.4 Å². The van der Waals surface area contributed by atoms with Crippen molar-refractivity contribution in [3.05, 3.63) is 0 Å². The molecule has 0 aromatic rings. The van der Waals surface area contributed by atoms with Crippen LogP contribution >= 0.6 is 0 Å². The molecule has 80 valence electrons. The fourth-order valence-electron chi connectivity index (χ4n) is 2.11. The van der Waals surface area contributed by atoms with Crippen molar-refractivity contribution < 1.29 is 4.79 Å². The molecule has 1 atom stereocenters. The lowest BCUT2D eigenvalue weighted by atomic mass is 10.1. The zero-order valence-corrected chi connectivity index (χ0v) is 8.54. The van der Waals surface area contributed by atoms with Crippen molar-refractivity contribution in [1.82, 2.24) is 10.2 Å². The highest BCUT2D eigenvalue weighted by Gasteiger charge is 2.30. The minimum absolute atomic E-state index is 0.181. The summed E-state index contributed by atoms with van der Waals surface area (Å²) in [5, 5.41) is 3.31. The maximum absolute atomic E-state index is 10.9. The van der Waals surface area contributed by atoms with Crippen LogP contribution < -0.4 is 11.1 Å². The first-order valence-electron chi connectivity index (χ1n) is 5.49. The molecular formula is C10H19N3O. The molecule has 1 aliphatic heterocycles. The normalized spacial score (nSPS) is 29.0. The zero-order chi connectivity index (χ0) is 9.97. The minimum Gasteiger partial charge on any atom is -0.370 e. The van der Waals surface area contributed by atoms with Crippen molar-refractivity contribution in [1.29, 1.82) is 0 Å². The van der Waals surface area contributed by atoms with Gasteiger partial charge in [0.1, 0.15) is 0 Å². The van der Waals surface area contributed by atoms with Gasteiger partial charge in [-0.2, -0.15) is 0 Å². The molecule has 1 aliphatic carbocycles. The van der Waals surface area contributed by atoms with Crippen LogP contribution in [0.25, 0.3) is 0 Å². The van der Waals surface area contributed by atoms with Gasteiger partial charge in [0.15, 0.2) is 0 Å². The van der Waals surface area contributed by atoms with Gasteiger partial charge in [-0.1, -0.05) is 0 Å². The highest BCUT2D eigenvalue weighted by Crippen LogP contribution is 2.30. The van der Waals surface area contributed by atoms with Gasteiger partial charge in [0.2, 0.25) is 5.91 Å². The van der Waals surface area contributed by atoms with Crippen LogP contribution in [0.5, 0.6) is 0 Å². The standard InChI is InChI=1S/C10H19N3O/c11-10(14)5-9-6-12-3-4-13(9)7-8-1-2-8/h8-9,12H,1-7H2,(H2,11,14). The van der Waals surface area contributed by atoms with Crippen molar-refractivity contribution in [3.8, 4) is 0 Å². The number of nitrogens with zero attached hydrogens (tertiary/aromatic N) is 1. The summed E-state index contributed by atoms with van der Waals surface area (Å²) in [5.74, 6) is 0.711. The Hall–Kier alpha value is -0.610. The van der Waals surface area contributed by atoms with Crippen molar-refractivity contribution in [3.63, 3.8) is 0 Å². The van der Waals surface area contributed by atoms with Crippen LogP contribution in [-0.2, 0) is 4.79 Å². The van der Waals surface area contributed by atoms with Crippen molar-refractivity contribution in [2.75, 3.05) is 26.2 Å². The van der Waals surface area contributed by atoms with Crippen molar-refractivity contribution in [2.24, 2.45) is 11.7 Å². The third-order valence-corrected chi connectivity index (χ3v) is 3.10. The lowest BCUT2D eigenvalue weighted by Crippen LogP contribution is -2.53. The molecule has 1 saturated carbocycles. The number of carbonyl (C=O) groups excluding carboxylic acids is 1. The number of primary amides is 1. The Morgan fingerprint density at radius 1 is 1.50 bits per heavy atom. The number of piperazine rings is 1. The van der Waals surface area contributed by atoms with Crippen LogP contribution in [0.3, 0.4) is 0 Å². The van der Waals surface area contributed by atoms with Crippen LogP contribution in [0.2, 0.25) is 0 Å². The van der Waals surface area contributed by atoms with E-state index >= 15 is 0 Å². The predicted molar refractivity (Wildman–Crippen MR) is 54.8 cm³/mol. The molecule has 1 amide bonds. The molecule has 1 heterocycles. The second-order valence-electron chi connectivity index (χ2n) is 4.47. The second kappa shape index (κ2) is 4.28. The van der Waals surface area contributed by atoms with Crippen LogP contribution in [0.15, 0.2) is 0 Å². The highest BCUT2D eigenvalue weighted by atomic mass is 16.1. The fourth-order valence-corrected chi connectivity index (χ4v) is 2.11. The van der Waals surface area contributed by atoms with Gasteiger partial charge in [0.25, 0.3) is 0 Å². The Bertz CT molecular complexity index is 215. The number of rotatable bonds is 4. The van der Waals surface area contributed by atoms with Crippen LogP contribution in [0, 0.1) is 5.92 Å². The van der Waals surface area contributed by atoms with E-state index in [-0.39, 0.29) is 5.91 Å². The highest BCUT2D eigenvalue weighted by molar-refractivity contribution is 5.74. The quantitative estimate of drug-likeness (QED) is 0.641. The smallest absolute Gasteiger partial charge is 0.219 e. The van der Waals surface area contributed by atoms with Crippen LogP contribution in [0.1, 0.15) is 19.3 Å². The number of nitrogens with one attached hydrogen (secondary N) is 1. The molecule has 0 aromatic heterocycles. The number of carbonyl (C=O) groups is 1. The SMILES string of the molecule is NC(=O)CC1CNCCN1CC1CC1. The van der Waals surface area contributed by atoms with Crippen molar-refractivity contribution in [2.45, 2.75) is 25.3 Å². The van der Waals surface area contributed by atoms with E-state index in [2.05, 4.69) is 10.2 Å². The van der Waals surface area contributed by atoms with Gasteiger partial charge in [-0.3, -0.25) is 9.69 Å². The summed E-state index contributed by atoms with van der Waals surface area (Å²) in [7, 11) is 0. The molecule has 1 saturated heterocycles. The van der Waals surface area contributed by atoms with E-state index < -0.39 is 0 Å². The van der Waals surface area contributed by atoms with Gasteiger partial charge >= 0.3 is 0 Å². The monoisotopic (exact) mass is 197 g/mol. The van der Waals surface area contributed by atoms with Gasteiger partial charge in [0, 0.05) is 38.6 Å². The van der Waals surface area contributed by atoms with Crippen LogP contribution in [0.4, 0.5) is 0 Å². The van der Waals surface area contributed by atoms with Crippen molar-refractivity contribution >= 4 is 5.91 Å². The average molecular weight is 197 g/mol. The fraction of sp³-hybridized carbons (Fsp3) is 0.900. The first kappa shape index (κ1) is 9.93. The van der Waals surface area contributed by atoms with Gasteiger partial charge in [-0.25, -0.2) is 0 Å². The van der Waals surface area contributed by atoms with E-state index in [1.54, 1.807) is 0 Å². The topological polar surface area (TPSA) is 58.4 Å². The number of hydrogen-bond donors (Lipinski definition) is 2. The Balaban J connectivity index is 1.84. The molecule has 2 rings (SSSR count). The summed E-state index contributed by atoms with van der Waals surface area (Å²) in [5.41, 5.74) is 5.24. The average Bonchev–Trinajstić information content (AvgIpc) is 2.91. The predicted octanol–water partition coefficient (Wildman–Crippen LogP) is -0.454. The van der Waals surface area contributed by atoms with E-state index in [1.807, 2.05) is 0 Å². The lowest BCUT2D eigenvalue weighted by molar-refractivity contribution is -0.119. The number of hydrogen-bond acceptors (Lipinski definition) is 3. The molecule has 14 heavy (non-hydrogen) atoms. The van der Waals surface area contributed by atoms with Gasteiger partial charge in [0.05, 0.1) is 0 Å². The zero-order valence-electron chi connectivity index (χ0n) is 8.54. The molecule has 2 fully saturated rings. The molecule has 0 aromatic carbocycles. The first-order chi connectivity index (χ1) is 6.75. The molecule has 0 bridgehead atoms. The third kappa shape index (κ3) is 2.69. The number of amides is 1. The van der Waals surface area contributed by atoms with Gasteiger partial charge < -0.3 is 11.1 Å². The largest absolute Gasteiger partial charge is 0.370 e. The summed E-state index contributed by atoms with van der Waals surface area (Å²) in [6, 6.07) is 0.335. The molecular weight excluding hydrogens is 178 g/mol. The number of nitrogens with two attached hydrogens (primary N) is 1. The lowest BCUT2D eigenvalue weighted by Gasteiger charge is -2.35. The Labute approximate surface area is 84.8 Å². The maximum Gasteiger partial charge on any atom is 0.219 e. The Morgan fingerprint density at radius 2 is 2.29 bits per heavy atom. The van der Waals surface area contributed by atoms with Gasteiger partial charge in [-0.05, 0) is 18.8 Å². The molecule has 3 N–H and O–H groups in total. The Kier molecular flexibility index (Phi) is 3.03. The molecule has 4 heteroatoms. The third-order valence-electron chi connectivity index (χ3n) is 3.10. The summed E-state index contributed by atoms with van der Waals surface area (Å²) in [6.07, 6.45) is 3.24. The van der Waals surface area contributed by atoms with E-state index in [4.69, 9.17) is 5.73 Å². The minimum atomic E-state index is -0.181. The summed E-state index contributed by atoms with van der Waals surface area (Å²) < 4.78 is 0. The molecule has 2 aliphatic rings. The summed E-state index contributed by atoms with van der Waals surface area (Å²) in [4.78, 5) is 13.3. The van der Waals surface area contributed by atoms with E-state index in [0.717, 1.165) is 25.6 Å². The maximum atomic E-state index is 10.9. The Morgan fingerprint density at radius 3 is 2.93 bits per heavy atom. The molecule has 0 radical (unpaired) electrons. The van der Waals surface area contributed by atoms with E-state index in [0.29, 0.717) is 12.5 Å². The molecule has 1 unspecified atom stereocenters. The van der Waals surface area contributed by atoms with E-state index in [9.17, 15) is 4.79 Å². The van der Waals surface area contributed by atoms with Crippen LogP contribution in [-0.4, -0.2) is 43.0 Å². The first-order valence-corrected chi connectivity index (χ1v) is 5.49. The summed E-state index contributed by atoms with van der Waals surface area (Å²) in [6.45, 7) is 4.19. The second-order valence-corrected chi connectivity index (χ2v) is 4.47. The summed E-state index contributed by atoms with van der Waals surface area (Å²) >= 11 is 0.